The van der Waals surface area contributed by atoms with Crippen molar-refractivity contribution in [2.45, 2.75) is 13.0 Å². The van der Waals surface area contributed by atoms with E-state index in [0.29, 0.717) is 23.6 Å². The zero-order valence-electron chi connectivity index (χ0n) is 14.3. The van der Waals surface area contributed by atoms with Crippen molar-refractivity contribution >= 4 is 28.9 Å². The Morgan fingerprint density at radius 2 is 1.67 bits per heavy atom. The number of halogens is 1. The lowest BCUT2D eigenvalue weighted by molar-refractivity contribution is -0.384. The lowest BCUT2D eigenvalue weighted by atomic mass is 10.0. The minimum absolute atomic E-state index is 0.0417. The molecule has 0 aliphatic carbocycles. The van der Waals surface area contributed by atoms with Crippen molar-refractivity contribution in [2.24, 2.45) is 0 Å². The van der Waals surface area contributed by atoms with Crippen LogP contribution < -0.4 is 4.90 Å². The molecule has 0 radical (unpaired) electrons. The van der Waals surface area contributed by atoms with Gasteiger partial charge in [0.05, 0.1) is 11.5 Å². The van der Waals surface area contributed by atoms with Crippen LogP contribution >= 0.6 is 11.6 Å². The smallest absolute Gasteiger partial charge is 0.269 e. The second kappa shape index (κ2) is 6.85. The zero-order chi connectivity index (χ0) is 19.0. The van der Waals surface area contributed by atoms with E-state index in [2.05, 4.69) is 6.07 Å². The number of anilines is 1. The Bertz CT molecular complexity index is 1050. The van der Waals surface area contributed by atoms with E-state index in [1.165, 1.54) is 24.3 Å². The van der Waals surface area contributed by atoms with Crippen molar-refractivity contribution in [1.82, 2.24) is 0 Å². The summed E-state index contributed by atoms with van der Waals surface area (Å²) in [6.07, 6.45) is 0.691. The first-order chi connectivity index (χ1) is 13.0. The van der Waals surface area contributed by atoms with Crippen molar-refractivity contribution in [3.63, 3.8) is 0 Å². The van der Waals surface area contributed by atoms with Gasteiger partial charge >= 0.3 is 0 Å². The third-order valence-corrected chi connectivity index (χ3v) is 4.97. The monoisotopic (exact) mass is 378 g/mol. The SMILES string of the molecule is O=C(c1ccc([N+](=O)[O-])cc1)N1Cc2ccccc2Cc2cc(Cl)ccc21. The van der Waals surface area contributed by atoms with E-state index in [9.17, 15) is 14.9 Å². The van der Waals surface area contributed by atoms with Crippen LogP contribution in [0.4, 0.5) is 11.4 Å². The first-order valence-electron chi connectivity index (χ1n) is 8.44. The van der Waals surface area contributed by atoms with E-state index in [4.69, 9.17) is 11.6 Å². The largest absolute Gasteiger partial charge is 0.304 e. The fourth-order valence-electron chi connectivity index (χ4n) is 3.37. The number of fused-ring (bicyclic) bond motifs is 2. The summed E-state index contributed by atoms with van der Waals surface area (Å²) in [5.74, 6) is -0.204. The van der Waals surface area contributed by atoms with Crippen LogP contribution in [0.25, 0.3) is 0 Å². The van der Waals surface area contributed by atoms with Crippen LogP contribution in [-0.2, 0) is 13.0 Å². The van der Waals surface area contributed by atoms with Crippen molar-refractivity contribution in [3.05, 3.63) is 104 Å². The molecule has 3 aromatic carbocycles. The second-order valence-electron chi connectivity index (χ2n) is 6.41. The highest BCUT2D eigenvalue weighted by Crippen LogP contribution is 2.33. The van der Waals surface area contributed by atoms with Gasteiger partial charge in [0.1, 0.15) is 0 Å². The maximum atomic E-state index is 13.2. The number of hydrogen-bond donors (Lipinski definition) is 0. The minimum Gasteiger partial charge on any atom is -0.304 e. The molecule has 0 saturated heterocycles. The first-order valence-corrected chi connectivity index (χ1v) is 8.82. The van der Waals surface area contributed by atoms with Gasteiger partial charge in [-0.15, -0.1) is 0 Å². The summed E-state index contributed by atoms with van der Waals surface area (Å²) in [6, 6.07) is 19.2. The van der Waals surface area contributed by atoms with Crippen LogP contribution in [0.3, 0.4) is 0 Å². The molecule has 134 valence electrons. The summed E-state index contributed by atoms with van der Waals surface area (Å²) in [7, 11) is 0. The molecule has 0 atom stereocenters. The topological polar surface area (TPSA) is 63.4 Å². The second-order valence-corrected chi connectivity index (χ2v) is 6.85. The third-order valence-electron chi connectivity index (χ3n) is 4.73. The quantitative estimate of drug-likeness (QED) is 0.465. The molecule has 0 aromatic heterocycles. The molecule has 1 amide bonds. The van der Waals surface area contributed by atoms with E-state index >= 15 is 0 Å². The van der Waals surface area contributed by atoms with E-state index < -0.39 is 4.92 Å². The molecular formula is C21H15ClN2O3. The van der Waals surface area contributed by atoms with Crippen molar-refractivity contribution in [3.8, 4) is 0 Å². The molecule has 6 heteroatoms. The number of nitro groups is 1. The summed E-state index contributed by atoms with van der Waals surface area (Å²) in [4.78, 5) is 25.3. The molecule has 0 fully saturated rings. The molecule has 0 saturated carbocycles. The Labute approximate surface area is 161 Å². The van der Waals surface area contributed by atoms with E-state index in [1.807, 2.05) is 30.3 Å². The van der Waals surface area contributed by atoms with Gasteiger partial charge in [-0.2, -0.15) is 0 Å². The van der Waals surface area contributed by atoms with Gasteiger partial charge < -0.3 is 4.90 Å². The number of carbonyl (C=O) groups is 1. The highest BCUT2D eigenvalue weighted by Gasteiger charge is 2.25. The number of amides is 1. The summed E-state index contributed by atoms with van der Waals surface area (Å²) < 4.78 is 0. The number of benzene rings is 3. The van der Waals surface area contributed by atoms with Gasteiger partial charge in [0, 0.05) is 28.4 Å². The lowest BCUT2D eigenvalue weighted by Crippen LogP contribution is -2.30. The Morgan fingerprint density at radius 1 is 0.963 bits per heavy atom. The van der Waals surface area contributed by atoms with Crippen LogP contribution in [0.5, 0.6) is 0 Å². The maximum absolute atomic E-state index is 13.2. The van der Waals surface area contributed by atoms with Gasteiger partial charge in [-0.25, -0.2) is 0 Å². The summed E-state index contributed by atoms with van der Waals surface area (Å²) in [5.41, 5.74) is 4.36. The number of nitro benzene ring substituents is 1. The van der Waals surface area contributed by atoms with Gasteiger partial charge in [0.2, 0.25) is 0 Å². The molecule has 27 heavy (non-hydrogen) atoms. The predicted octanol–water partition coefficient (Wildman–Crippen LogP) is 5.00. The molecule has 0 unspecified atom stereocenters. The Hall–Kier alpha value is -3.18. The molecule has 0 bridgehead atoms. The molecule has 1 aliphatic rings. The molecule has 0 spiro atoms. The summed E-state index contributed by atoms with van der Waals surface area (Å²) in [6.45, 7) is 0.431. The molecular weight excluding hydrogens is 364 g/mol. The van der Waals surface area contributed by atoms with Crippen LogP contribution in [0.15, 0.2) is 66.7 Å². The molecule has 4 rings (SSSR count). The molecule has 3 aromatic rings. The number of non-ortho nitro benzene ring substituents is 1. The van der Waals surface area contributed by atoms with Crippen molar-refractivity contribution in [2.75, 3.05) is 4.90 Å². The summed E-state index contributed by atoms with van der Waals surface area (Å²) >= 11 is 6.18. The standard InChI is InChI=1S/C21H15ClN2O3/c22-18-7-10-20-17(12-18)11-15-3-1-2-4-16(15)13-23(20)21(25)14-5-8-19(9-6-14)24(26)27/h1-10,12H,11,13H2. The van der Waals surface area contributed by atoms with Crippen molar-refractivity contribution < 1.29 is 9.72 Å². The third kappa shape index (κ3) is 3.29. The Balaban J connectivity index is 1.78. The van der Waals surface area contributed by atoms with Crippen LogP contribution in [0, 0.1) is 10.1 Å². The van der Waals surface area contributed by atoms with Gasteiger partial charge in [-0.1, -0.05) is 35.9 Å². The average molecular weight is 379 g/mol. The number of rotatable bonds is 2. The van der Waals surface area contributed by atoms with Gasteiger partial charge in [-0.3, -0.25) is 14.9 Å². The fourth-order valence-corrected chi connectivity index (χ4v) is 3.56. The molecule has 5 nitrogen and oxygen atoms in total. The van der Waals surface area contributed by atoms with Gasteiger partial charge in [0.15, 0.2) is 0 Å². The van der Waals surface area contributed by atoms with Crippen molar-refractivity contribution in [1.29, 1.82) is 0 Å². The minimum atomic E-state index is -0.478. The predicted molar refractivity (Wildman–Crippen MR) is 104 cm³/mol. The highest BCUT2D eigenvalue weighted by atomic mass is 35.5. The Kier molecular flexibility index (Phi) is 4.38. The Morgan fingerprint density at radius 3 is 2.37 bits per heavy atom. The molecule has 1 heterocycles. The first kappa shape index (κ1) is 17.2. The highest BCUT2D eigenvalue weighted by molar-refractivity contribution is 6.30. The van der Waals surface area contributed by atoms with E-state index in [0.717, 1.165) is 22.4 Å². The average Bonchev–Trinajstić information content (AvgIpc) is 2.83. The maximum Gasteiger partial charge on any atom is 0.269 e. The van der Waals surface area contributed by atoms with E-state index in [1.54, 1.807) is 11.0 Å². The van der Waals surface area contributed by atoms with E-state index in [-0.39, 0.29) is 11.6 Å². The van der Waals surface area contributed by atoms with Gasteiger partial charge in [-0.05, 0) is 53.4 Å². The zero-order valence-corrected chi connectivity index (χ0v) is 15.0. The van der Waals surface area contributed by atoms with Crippen LogP contribution in [0.1, 0.15) is 27.0 Å². The lowest BCUT2D eigenvalue weighted by Gasteiger charge is -2.23. The number of carbonyl (C=O) groups excluding carboxylic acids is 1. The van der Waals surface area contributed by atoms with Crippen LogP contribution in [-0.4, -0.2) is 10.8 Å². The molecule has 0 N–H and O–H groups in total. The van der Waals surface area contributed by atoms with Gasteiger partial charge in [0.25, 0.3) is 11.6 Å². The summed E-state index contributed by atoms with van der Waals surface area (Å²) in [5, 5.41) is 11.5. The normalized spacial score (nSPS) is 12.7. The number of nitrogens with zero attached hydrogens (tertiary/aromatic N) is 2. The number of hydrogen-bond acceptors (Lipinski definition) is 3. The fraction of sp³-hybridized carbons (Fsp3) is 0.0952. The molecule has 1 aliphatic heterocycles. The van der Waals surface area contributed by atoms with Crippen LogP contribution in [0.2, 0.25) is 5.02 Å².